The smallest absolute Gasteiger partial charge is 0.422 e. The van der Waals surface area contributed by atoms with Crippen LogP contribution in [0.25, 0.3) is 0 Å². The maximum Gasteiger partial charge on any atom is 0.422 e. The molecule has 2 aromatic rings. The van der Waals surface area contributed by atoms with E-state index in [1.165, 1.54) is 16.8 Å². The lowest BCUT2D eigenvalue weighted by molar-refractivity contribution is -0.153. The summed E-state index contributed by atoms with van der Waals surface area (Å²) in [7, 11) is -3.69. The highest BCUT2D eigenvalue weighted by Gasteiger charge is 2.46. The van der Waals surface area contributed by atoms with Gasteiger partial charge in [-0.3, -0.25) is 9.59 Å². The monoisotopic (exact) mass is 580 g/mol. The number of benzene rings is 1. The molecule has 1 aromatic heterocycles. The molecule has 1 aromatic carbocycles. The molecule has 0 fully saturated rings. The molecule has 1 spiro atoms. The molecule has 2 heterocycles. The molecule has 0 saturated heterocycles. The maximum absolute atomic E-state index is 13.3. The number of halogens is 5. The van der Waals surface area contributed by atoms with Crippen molar-refractivity contribution in [3.8, 4) is 5.75 Å². The zero-order valence-electron chi connectivity index (χ0n) is 20.6. The molecule has 0 radical (unpaired) electrons. The number of nitrogens with one attached hydrogen (secondary N) is 2. The van der Waals surface area contributed by atoms with Gasteiger partial charge in [0.05, 0.1) is 17.8 Å². The van der Waals surface area contributed by atoms with Crippen LogP contribution in [-0.2, 0) is 44.3 Å². The van der Waals surface area contributed by atoms with Crippen LogP contribution >= 0.6 is 0 Å². The molecule has 214 valence electrons. The fourth-order valence-corrected chi connectivity index (χ4v) is 5.41. The topological polar surface area (TPSA) is 129 Å². The summed E-state index contributed by atoms with van der Waals surface area (Å²) in [4.78, 5) is 25.7. The van der Waals surface area contributed by atoms with E-state index < -0.39 is 52.3 Å². The van der Waals surface area contributed by atoms with Crippen molar-refractivity contribution >= 4 is 27.5 Å². The van der Waals surface area contributed by atoms with Gasteiger partial charge in [0.15, 0.2) is 16.4 Å². The number of hydrogen-bond donors (Lipinski definition) is 2. The summed E-state index contributed by atoms with van der Waals surface area (Å²) in [5.74, 6) is -2.39. The fourth-order valence-electron chi connectivity index (χ4n) is 4.86. The zero-order valence-corrected chi connectivity index (χ0v) is 21.4. The quantitative estimate of drug-likeness (QED) is 0.327. The highest BCUT2D eigenvalue weighted by molar-refractivity contribution is 7.91. The van der Waals surface area contributed by atoms with Gasteiger partial charge in [0.25, 0.3) is 5.91 Å². The molecule has 1 aliphatic carbocycles. The Morgan fingerprint density at radius 1 is 1.31 bits per heavy atom. The van der Waals surface area contributed by atoms with Crippen molar-refractivity contribution in [3.05, 3.63) is 40.6 Å². The van der Waals surface area contributed by atoms with E-state index in [4.69, 9.17) is 4.74 Å². The number of fused-ring (bicyclic) bond motifs is 3. The van der Waals surface area contributed by atoms with Gasteiger partial charge in [-0.2, -0.15) is 27.1 Å². The average molecular weight is 581 g/mol. The van der Waals surface area contributed by atoms with E-state index in [0.29, 0.717) is 24.0 Å². The number of nitrogens with zero attached hydrogens (tertiary/aromatic N) is 2. The van der Waals surface area contributed by atoms with Gasteiger partial charge < -0.3 is 20.1 Å². The number of anilines is 1. The van der Waals surface area contributed by atoms with Crippen LogP contribution in [0.2, 0.25) is 0 Å². The van der Waals surface area contributed by atoms with E-state index in [2.05, 4.69) is 20.5 Å². The van der Waals surface area contributed by atoms with Crippen molar-refractivity contribution in [2.75, 3.05) is 30.5 Å². The second kappa shape index (κ2) is 10.7. The molecule has 0 saturated carbocycles. The van der Waals surface area contributed by atoms with E-state index >= 15 is 0 Å². The van der Waals surface area contributed by atoms with E-state index in [9.17, 15) is 40.0 Å². The number of rotatable bonds is 10. The van der Waals surface area contributed by atoms with Crippen molar-refractivity contribution in [2.45, 2.75) is 50.6 Å². The summed E-state index contributed by atoms with van der Waals surface area (Å²) >= 11 is 0. The first-order valence-electron chi connectivity index (χ1n) is 11.8. The van der Waals surface area contributed by atoms with Crippen LogP contribution in [0.4, 0.5) is 27.8 Å². The van der Waals surface area contributed by atoms with Gasteiger partial charge in [-0.1, -0.05) is 6.07 Å². The summed E-state index contributed by atoms with van der Waals surface area (Å²) < 4.78 is 95.8. The number of aromatic nitrogens is 2. The Morgan fingerprint density at radius 3 is 2.72 bits per heavy atom. The molecule has 0 unspecified atom stereocenters. The number of amides is 2. The summed E-state index contributed by atoms with van der Waals surface area (Å²) in [5.41, 5.74) is 0.755. The van der Waals surface area contributed by atoms with Crippen molar-refractivity contribution in [3.63, 3.8) is 0 Å². The number of hydrogen-bond acceptors (Lipinski definition) is 7. The Kier molecular flexibility index (Phi) is 7.89. The molecule has 2 N–H and O–H groups in total. The third kappa shape index (κ3) is 6.84. The van der Waals surface area contributed by atoms with Gasteiger partial charge in [0.1, 0.15) is 22.9 Å². The second-order valence-electron chi connectivity index (χ2n) is 9.43. The number of carbonyl (C=O) groups is 2. The molecule has 0 bridgehead atoms. The van der Waals surface area contributed by atoms with Gasteiger partial charge in [-0.25, -0.2) is 13.1 Å². The van der Waals surface area contributed by atoms with Crippen LogP contribution in [0.1, 0.15) is 40.0 Å². The van der Waals surface area contributed by atoms with Gasteiger partial charge in [-0.15, -0.1) is 0 Å². The fraction of sp³-hybridized carbons (Fsp3) is 0.522. The van der Waals surface area contributed by atoms with Crippen molar-refractivity contribution < 1.29 is 49.4 Å². The van der Waals surface area contributed by atoms with Crippen molar-refractivity contribution in [1.82, 2.24) is 15.1 Å². The van der Waals surface area contributed by atoms with Crippen molar-refractivity contribution in [2.24, 2.45) is 0 Å². The van der Waals surface area contributed by atoms with Crippen LogP contribution < -0.4 is 15.4 Å². The first-order chi connectivity index (χ1) is 18.2. The number of sulfone groups is 1. The van der Waals surface area contributed by atoms with E-state index in [1.807, 2.05) is 0 Å². The summed E-state index contributed by atoms with van der Waals surface area (Å²) in [6, 6.07) is 4.47. The summed E-state index contributed by atoms with van der Waals surface area (Å²) in [6.45, 7) is -4.77. The number of carbonyl (C=O) groups excluding carboxylic acids is 2. The lowest BCUT2D eigenvalue weighted by Crippen LogP contribution is -2.49. The van der Waals surface area contributed by atoms with Gasteiger partial charge in [0, 0.05) is 19.2 Å². The predicted molar refractivity (Wildman–Crippen MR) is 126 cm³/mol. The number of aryl methyl sites for hydroxylation is 2. The first-order valence-corrected chi connectivity index (χ1v) is 13.8. The Labute approximate surface area is 219 Å². The molecule has 1 aliphatic heterocycles. The van der Waals surface area contributed by atoms with Crippen molar-refractivity contribution in [1.29, 1.82) is 0 Å². The van der Waals surface area contributed by atoms with Gasteiger partial charge >= 0.3 is 12.8 Å². The third-order valence-electron chi connectivity index (χ3n) is 6.30. The standard InChI is InChI=1S/C23H25F5N4O6S/c1-39(35,36)11-17(33)29-19-18-16(31-32(19)7-2-8-37-21(24)25)10-22(30-20(18)34)6-5-13-9-14(3-4-15(13)22)38-12-23(26,27)28/h3-4,9,21H,2,5-8,10-12H2,1H3,(H,29,33)(H,30,34)/t22-/m0/s1. The van der Waals surface area contributed by atoms with E-state index in [1.54, 1.807) is 6.07 Å². The van der Waals surface area contributed by atoms with Crippen LogP contribution in [0, 0.1) is 0 Å². The maximum atomic E-state index is 13.3. The molecule has 4 rings (SSSR count). The molecule has 2 aliphatic rings. The normalized spacial score (nSPS) is 18.7. The lowest BCUT2D eigenvalue weighted by Gasteiger charge is -2.35. The SMILES string of the molecule is CS(=O)(=O)CC(=O)Nc1c2c(nn1CCCOC(F)F)C[C@]1(CCc3cc(OCC(F)(F)F)ccc31)NC2=O. The van der Waals surface area contributed by atoms with Gasteiger partial charge in [-0.05, 0) is 42.5 Å². The minimum Gasteiger partial charge on any atom is -0.484 e. The predicted octanol–water partition coefficient (Wildman–Crippen LogP) is 2.56. The van der Waals surface area contributed by atoms with E-state index in [0.717, 1.165) is 6.26 Å². The molecular weight excluding hydrogens is 555 g/mol. The highest BCUT2D eigenvalue weighted by atomic mass is 32.2. The summed E-state index contributed by atoms with van der Waals surface area (Å²) in [6.07, 6.45) is -2.55. The highest BCUT2D eigenvalue weighted by Crippen LogP contribution is 2.44. The van der Waals surface area contributed by atoms with Gasteiger partial charge in [0.2, 0.25) is 5.91 Å². The van der Waals surface area contributed by atoms with Crippen LogP contribution in [0.15, 0.2) is 18.2 Å². The molecule has 10 nitrogen and oxygen atoms in total. The molecule has 1 atom stereocenters. The average Bonchev–Trinajstić information content (AvgIpc) is 3.31. The largest absolute Gasteiger partial charge is 0.484 e. The third-order valence-corrected chi connectivity index (χ3v) is 7.09. The van der Waals surface area contributed by atoms with E-state index in [-0.39, 0.29) is 48.8 Å². The minimum atomic E-state index is -4.49. The number of ether oxygens (including phenoxy) is 2. The Morgan fingerprint density at radius 2 is 2.05 bits per heavy atom. The Balaban J connectivity index is 1.62. The second-order valence-corrected chi connectivity index (χ2v) is 11.6. The zero-order chi connectivity index (χ0) is 28.6. The Bertz CT molecular complexity index is 1380. The van der Waals surface area contributed by atoms with Crippen LogP contribution in [0.5, 0.6) is 5.75 Å². The summed E-state index contributed by atoms with van der Waals surface area (Å²) in [5, 5.41) is 9.77. The molecule has 39 heavy (non-hydrogen) atoms. The molecule has 2 amide bonds. The minimum absolute atomic E-state index is 0.0100. The molecular formula is C23H25F5N4O6S. The Hall–Kier alpha value is -3.27. The van der Waals surface area contributed by atoms with Crippen LogP contribution in [0.3, 0.4) is 0 Å². The molecule has 16 heteroatoms. The first kappa shape index (κ1) is 28.7. The lowest BCUT2D eigenvalue weighted by atomic mass is 9.82. The van der Waals surface area contributed by atoms with Crippen LogP contribution in [-0.4, -0.2) is 68.0 Å². The number of alkyl halides is 5.